The third-order valence-electron chi connectivity index (χ3n) is 1.96. The van der Waals surface area contributed by atoms with Gasteiger partial charge < -0.3 is 10.1 Å². The average Bonchev–Trinajstić information content (AvgIpc) is 2.74. The number of nitrogens with zero attached hydrogens (tertiary/aromatic N) is 1. The van der Waals surface area contributed by atoms with Gasteiger partial charge in [-0.15, -0.1) is 23.7 Å². The zero-order valence-electron chi connectivity index (χ0n) is 7.23. The Morgan fingerprint density at radius 2 is 2.62 bits per heavy atom. The second-order valence-electron chi connectivity index (χ2n) is 2.89. The minimum atomic E-state index is 0. The summed E-state index contributed by atoms with van der Waals surface area (Å²) in [6.07, 6.45) is 3.42. The van der Waals surface area contributed by atoms with Gasteiger partial charge in [-0.3, -0.25) is 4.98 Å². The predicted octanol–water partition coefficient (Wildman–Crippen LogP) is 1.44. The molecule has 1 aliphatic heterocycles. The van der Waals surface area contributed by atoms with Gasteiger partial charge in [0, 0.05) is 12.7 Å². The van der Waals surface area contributed by atoms with Crippen LogP contribution in [0.2, 0.25) is 0 Å². The van der Waals surface area contributed by atoms with E-state index in [0.717, 1.165) is 26.1 Å². The molecule has 2 heterocycles. The van der Waals surface area contributed by atoms with Gasteiger partial charge in [0.2, 0.25) is 0 Å². The Morgan fingerprint density at radius 3 is 3.23 bits per heavy atom. The van der Waals surface area contributed by atoms with Crippen LogP contribution in [-0.2, 0) is 11.3 Å². The normalized spacial score (nSPS) is 21.4. The van der Waals surface area contributed by atoms with Crippen LogP contribution in [0.1, 0.15) is 11.3 Å². The summed E-state index contributed by atoms with van der Waals surface area (Å²) in [5.41, 5.74) is 1.84. The lowest BCUT2D eigenvalue weighted by Crippen LogP contribution is -2.16. The van der Waals surface area contributed by atoms with E-state index in [9.17, 15) is 0 Å². The summed E-state index contributed by atoms with van der Waals surface area (Å²) in [4.78, 5) is 5.20. The standard InChI is InChI=1S/C8H12N2OS.ClH/c1-2-9-3-7(1)11-5-8-4-10-6-12-8;/h4,6-7,9H,1-3,5H2;1H. The van der Waals surface area contributed by atoms with E-state index < -0.39 is 0 Å². The minimum absolute atomic E-state index is 0. The van der Waals surface area contributed by atoms with E-state index in [1.54, 1.807) is 11.3 Å². The van der Waals surface area contributed by atoms with Crippen LogP contribution in [0.4, 0.5) is 0 Å². The highest BCUT2D eigenvalue weighted by Crippen LogP contribution is 2.11. The second-order valence-corrected chi connectivity index (χ2v) is 3.86. The maximum atomic E-state index is 5.66. The van der Waals surface area contributed by atoms with Crippen LogP contribution in [0.25, 0.3) is 0 Å². The van der Waals surface area contributed by atoms with E-state index in [-0.39, 0.29) is 12.4 Å². The highest BCUT2D eigenvalue weighted by Gasteiger charge is 2.14. The fourth-order valence-electron chi connectivity index (χ4n) is 1.28. The maximum Gasteiger partial charge on any atom is 0.0829 e. The largest absolute Gasteiger partial charge is 0.371 e. The Hall–Kier alpha value is -0.160. The smallest absolute Gasteiger partial charge is 0.0829 e. The van der Waals surface area contributed by atoms with Gasteiger partial charge in [0.05, 0.1) is 23.1 Å². The highest BCUT2D eigenvalue weighted by molar-refractivity contribution is 7.09. The SMILES string of the molecule is Cl.c1ncc(COC2CCNC2)s1. The quantitative estimate of drug-likeness (QED) is 0.837. The zero-order valence-corrected chi connectivity index (χ0v) is 8.87. The van der Waals surface area contributed by atoms with Gasteiger partial charge >= 0.3 is 0 Å². The molecule has 0 aromatic carbocycles. The van der Waals surface area contributed by atoms with Gasteiger partial charge in [-0.05, 0) is 13.0 Å². The molecule has 0 spiro atoms. The zero-order chi connectivity index (χ0) is 8.23. The van der Waals surface area contributed by atoms with Gasteiger partial charge in [-0.2, -0.15) is 0 Å². The van der Waals surface area contributed by atoms with Crippen molar-refractivity contribution < 1.29 is 4.74 Å². The number of rotatable bonds is 3. The number of nitrogens with one attached hydrogen (secondary N) is 1. The molecule has 13 heavy (non-hydrogen) atoms. The molecule has 1 aromatic rings. The summed E-state index contributed by atoms with van der Waals surface area (Å²) in [5, 5.41) is 3.27. The molecule has 0 saturated carbocycles. The molecule has 1 unspecified atom stereocenters. The number of hydrogen-bond donors (Lipinski definition) is 1. The molecule has 1 N–H and O–H groups in total. The number of aromatic nitrogens is 1. The highest BCUT2D eigenvalue weighted by atomic mass is 35.5. The number of thiazole rings is 1. The van der Waals surface area contributed by atoms with Crippen LogP contribution < -0.4 is 5.32 Å². The minimum Gasteiger partial charge on any atom is -0.371 e. The Labute approximate surface area is 87.9 Å². The Kier molecular flexibility index (Phi) is 4.66. The van der Waals surface area contributed by atoms with Crippen LogP contribution in [0.3, 0.4) is 0 Å². The summed E-state index contributed by atoms with van der Waals surface area (Å²) >= 11 is 1.65. The molecule has 1 atom stereocenters. The molecule has 0 bridgehead atoms. The lowest BCUT2D eigenvalue weighted by atomic mass is 10.3. The van der Waals surface area contributed by atoms with Gasteiger partial charge in [0.1, 0.15) is 0 Å². The first-order valence-corrected chi connectivity index (χ1v) is 5.03. The summed E-state index contributed by atoms with van der Waals surface area (Å²) in [6.45, 7) is 2.81. The molecule has 1 aliphatic rings. The molecular formula is C8H13ClN2OS. The first-order chi connectivity index (χ1) is 5.95. The predicted molar refractivity (Wildman–Crippen MR) is 55.4 cm³/mol. The molecule has 1 aromatic heterocycles. The van der Waals surface area contributed by atoms with E-state index in [2.05, 4.69) is 10.3 Å². The Balaban J connectivity index is 0.000000845. The van der Waals surface area contributed by atoms with Crippen molar-refractivity contribution in [2.45, 2.75) is 19.1 Å². The van der Waals surface area contributed by atoms with Crippen molar-refractivity contribution in [2.75, 3.05) is 13.1 Å². The maximum absolute atomic E-state index is 5.66. The van der Waals surface area contributed by atoms with E-state index in [0.29, 0.717) is 6.10 Å². The summed E-state index contributed by atoms with van der Waals surface area (Å²) in [5.74, 6) is 0. The fraction of sp³-hybridized carbons (Fsp3) is 0.625. The molecule has 0 aliphatic carbocycles. The van der Waals surface area contributed by atoms with Crippen molar-refractivity contribution in [1.82, 2.24) is 10.3 Å². The van der Waals surface area contributed by atoms with Crippen LogP contribution in [0, 0.1) is 0 Å². The molecule has 2 rings (SSSR count). The van der Waals surface area contributed by atoms with Crippen LogP contribution >= 0.6 is 23.7 Å². The molecule has 0 radical (unpaired) electrons. The van der Waals surface area contributed by atoms with Crippen molar-refractivity contribution in [3.8, 4) is 0 Å². The van der Waals surface area contributed by atoms with Gasteiger partial charge in [0.25, 0.3) is 0 Å². The van der Waals surface area contributed by atoms with Gasteiger partial charge in [-0.25, -0.2) is 0 Å². The molecule has 3 nitrogen and oxygen atoms in total. The second kappa shape index (κ2) is 5.54. The molecule has 74 valence electrons. The monoisotopic (exact) mass is 220 g/mol. The van der Waals surface area contributed by atoms with Crippen molar-refractivity contribution in [2.24, 2.45) is 0 Å². The number of halogens is 1. The Morgan fingerprint density at radius 1 is 1.69 bits per heavy atom. The lowest BCUT2D eigenvalue weighted by molar-refractivity contribution is 0.0558. The van der Waals surface area contributed by atoms with Crippen molar-refractivity contribution >= 4 is 23.7 Å². The van der Waals surface area contributed by atoms with E-state index in [1.165, 1.54) is 4.88 Å². The topological polar surface area (TPSA) is 34.1 Å². The van der Waals surface area contributed by atoms with Crippen LogP contribution in [0.15, 0.2) is 11.7 Å². The van der Waals surface area contributed by atoms with Gasteiger partial charge in [0.15, 0.2) is 0 Å². The van der Waals surface area contributed by atoms with Crippen LogP contribution in [-0.4, -0.2) is 24.2 Å². The van der Waals surface area contributed by atoms with E-state index >= 15 is 0 Å². The fourth-order valence-corrected chi connectivity index (χ4v) is 1.80. The molecule has 5 heteroatoms. The average molecular weight is 221 g/mol. The van der Waals surface area contributed by atoms with Crippen LogP contribution in [0.5, 0.6) is 0 Å². The molecule has 1 fully saturated rings. The molecular weight excluding hydrogens is 208 g/mol. The third kappa shape index (κ3) is 3.23. The number of ether oxygens (including phenoxy) is 1. The number of hydrogen-bond acceptors (Lipinski definition) is 4. The lowest BCUT2D eigenvalue weighted by Gasteiger charge is -2.07. The summed E-state index contributed by atoms with van der Waals surface area (Å²) in [7, 11) is 0. The van der Waals surface area contributed by atoms with Crippen molar-refractivity contribution in [3.05, 3.63) is 16.6 Å². The molecule has 1 saturated heterocycles. The van der Waals surface area contributed by atoms with Crippen molar-refractivity contribution in [1.29, 1.82) is 0 Å². The third-order valence-corrected chi connectivity index (χ3v) is 2.71. The first-order valence-electron chi connectivity index (χ1n) is 4.15. The Bertz CT molecular complexity index is 224. The first kappa shape index (κ1) is 10.9. The molecule has 0 amide bonds. The van der Waals surface area contributed by atoms with Crippen molar-refractivity contribution in [3.63, 3.8) is 0 Å². The van der Waals surface area contributed by atoms with E-state index in [1.807, 2.05) is 11.7 Å². The van der Waals surface area contributed by atoms with E-state index in [4.69, 9.17) is 4.74 Å². The van der Waals surface area contributed by atoms with Gasteiger partial charge in [-0.1, -0.05) is 0 Å². The summed E-state index contributed by atoms with van der Waals surface area (Å²) in [6, 6.07) is 0. The summed E-state index contributed by atoms with van der Waals surface area (Å²) < 4.78 is 5.66.